The number of hydrogen-bond donors (Lipinski definition) is 1. The highest BCUT2D eigenvalue weighted by molar-refractivity contribution is 7.87. The lowest BCUT2D eigenvalue weighted by Crippen LogP contribution is -2.51. The fourth-order valence-electron chi connectivity index (χ4n) is 2.57. The van der Waals surface area contributed by atoms with Crippen molar-refractivity contribution in [1.82, 2.24) is 0 Å². The fourth-order valence-corrected chi connectivity index (χ4v) is 4.38. The van der Waals surface area contributed by atoms with Crippen LogP contribution >= 0.6 is 0 Å². The largest absolute Gasteiger partial charge is 0.469 e. The monoisotopic (exact) mass is 276 g/mol. The van der Waals surface area contributed by atoms with E-state index in [1.165, 1.54) is 7.11 Å². The molecule has 0 aromatic heterocycles. The number of carbonyl (C=O) groups is 1. The first kappa shape index (κ1) is 15.6. The van der Waals surface area contributed by atoms with Gasteiger partial charge >= 0.3 is 5.97 Å². The van der Waals surface area contributed by atoms with E-state index >= 15 is 0 Å². The molecule has 4 nitrogen and oxygen atoms in total. The summed E-state index contributed by atoms with van der Waals surface area (Å²) in [5.41, 5.74) is 0. The van der Waals surface area contributed by atoms with Crippen LogP contribution in [-0.4, -0.2) is 39.5 Å². The van der Waals surface area contributed by atoms with Crippen LogP contribution in [0.1, 0.15) is 45.4 Å². The molecule has 1 aliphatic heterocycles. The second-order valence-corrected chi connectivity index (χ2v) is 6.95. The summed E-state index contributed by atoms with van der Waals surface area (Å²) in [5, 5.41) is 9.36. The number of hydrogen-bond acceptors (Lipinski definition) is 4. The van der Waals surface area contributed by atoms with Gasteiger partial charge in [0.15, 0.2) is 0 Å². The normalized spacial score (nSPS) is 30.8. The Morgan fingerprint density at radius 3 is 2.56 bits per heavy atom. The van der Waals surface area contributed by atoms with E-state index in [-0.39, 0.29) is 23.1 Å². The molecule has 0 aromatic carbocycles. The molecule has 1 N–H and O–H groups in total. The Hall–Kier alpha value is -0.420. The lowest BCUT2D eigenvalue weighted by molar-refractivity contribution is -0.140. The molecule has 0 aliphatic carbocycles. The third-order valence-corrected chi connectivity index (χ3v) is 6.00. The van der Waals surface area contributed by atoms with Gasteiger partial charge < -0.3 is 9.84 Å². The summed E-state index contributed by atoms with van der Waals surface area (Å²) in [4.78, 5) is 10.9. The maximum absolute atomic E-state index is 11.5. The molecule has 1 fully saturated rings. The molecule has 18 heavy (non-hydrogen) atoms. The van der Waals surface area contributed by atoms with E-state index in [0.29, 0.717) is 12.3 Å². The van der Waals surface area contributed by atoms with Crippen LogP contribution in [0.15, 0.2) is 0 Å². The van der Waals surface area contributed by atoms with Gasteiger partial charge in [0.1, 0.15) is 0 Å². The van der Waals surface area contributed by atoms with Gasteiger partial charge in [-0.05, 0) is 18.8 Å². The lowest BCUT2D eigenvalue weighted by atomic mass is 9.93. The van der Waals surface area contributed by atoms with Crippen LogP contribution in [-0.2, 0) is 20.3 Å². The molecule has 5 heteroatoms. The zero-order chi connectivity index (χ0) is 13.5. The van der Waals surface area contributed by atoms with Gasteiger partial charge in [0.2, 0.25) is 0 Å². The summed E-state index contributed by atoms with van der Waals surface area (Å²) in [6.07, 6.45) is 5.62. The molecule has 4 atom stereocenters. The lowest BCUT2D eigenvalue weighted by Gasteiger charge is -2.41. The first-order valence-corrected chi connectivity index (χ1v) is 7.96. The summed E-state index contributed by atoms with van der Waals surface area (Å²) in [6, 6.07) is 0. The maximum Gasteiger partial charge on any atom is 0.305 e. The van der Waals surface area contributed by atoms with Gasteiger partial charge in [-0.3, -0.25) is 9.00 Å². The van der Waals surface area contributed by atoms with Crippen molar-refractivity contribution >= 4 is 16.8 Å². The van der Waals surface area contributed by atoms with Gasteiger partial charge in [0.25, 0.3) is 0 Å². The Bertz CT molecular complexity index is 293. The minimum atomic E-state index is -0.832. The van der Waals surface area contributed by atoms with Crippen LogP contribution in [0.5, 0.6) is 0 Å². The Labute approximate surface area is 112 Å². The van der Waals surface area contributed by atoms with E-state index < -0.39 is 10.8 Å². The second kappa shape index (κ2) is 7.89. The molecular weight excluding hydrogens is 252 g/mol. The molecule has 106 valence electrons. The molecule has 1 heterocycles. The van der Waals surface area contributed by atoms with Gasteiger partial charge in [0.05, 0.1) is 19.0 Å². The molecule has 1 aliphatic rings. The Morgan fingerprint density at radius 1 is 1.28 bits per heavy atom. The minimum absolute atomic E-state index is 0.00457. The highest BCUT2D eigenvalue weighted by Gasteiger charge is 2.44. The summed E-state index contributed by atoms with van der Waals surface area (Å²) in [6.45, 7) is 2.05. The van der Waals surface area contributed by atoms with Crippen LogP contribution in [0, 0.1) is 5.92 Å². The zero-order valence-electron chi connectivity index (χ0n) is 11.3. The molecular formula is C13H24O4S. The molecule has 0 spiro atoms. The first-order valence-electron chi connectivity index (χ1n) is 6.68. The number of carbonyl (C=O) groups excluding carboxylic acids is 1. The van der Waals surface area contributed by atoms with E-state index in [1.807, 2.05) is 6.92 Å². The molecule has 1 unspecified atom stereocenters. The van der Waals surface area contributed by atoms with Crippen molar-refractivity contribution in [3.8, 4) is 0 Å². The van der Waals surface area contributed by atoms with Crippen molar-refractivity contribution in [2.75, 3.05) is 13.7 Å². The predicted molar refractivity (Wildman–Crippen MR) is 71.7 cm³/mol. The van der Waals surface area contributed by atoms with Crippen LogP contribution in [0.25, 0.3) is 0 Å². The number of methoxy groups -OCH3 is 1. The standard InChI is InChI=1S/C13H24O4S/c1-10-11(12(9-14)18(10)16)7-5-3-4-6-8-13(15)17-2/h10-12,14H,3-9H2,1-2H3/t10-,11+,12+,18?/m1/s1. The summed E-state index contributed by atoms with van der Waals surface area (Å²) in [5.74, 6) is 0.273. The summed E-state index contributed by atoms with van der Waals surface area (Å²) < 4.78 is 16.1. The average molecular weight is 276 g/mol. The SMILES string of the molecule is COC(=O)CCCCCC[C@H]1[C@@H](C)S(=O)[C@H]1CO. The minimum Gasteiger partial charge on any atom is -0.469 e. The van der Waals surface area contributed by atoms with E-state index in [2.05, 4.69) is 4.74 Å². The van der Waals surface area contributed by atoms with Crippen molar-refractivity contribution < 1.29 is 18.8 Å². The topological polar surface area (TPSA) is 63.6 Å². The number of aliphatic hydroxyl groups excluding tert-OH is 1. The van der Waals surface area contributed by atoms with Crippen LogP contribution < -0.4 is 0 Å². The highest BCUT2D eigenvalue weighted by atomic mass is 32.2. The zero-order valence-corrected chi connectivity index (χ0v) is 12.1. The molecule has 0 saturated carbocycles. The average Bonchev–Trinajstić information content (AvgIpc) is 2.39. The van der Waals surface area contributed by atoms with E-state index in [0.717, 1.165) is 32.1 Å². The van der Waals surface area contributed by atoms with Crippen molar-refractivity contribution in [2.45, 2.75) is 55.9 Å². The molecule has 0 bridgehead atoms. The Morgan fingerprint density at radius 2 is 1.94 bits per heavy atom. The van der Waals surface area contributed by atoms with Crippen LogP contribution in [0.3, 0.4) is 0 Å². The van der Waals surface area contributed by atoms with E-state index in [1.54, 1.807) is 0 Å². The summed E-state index contributed by atoms with van der Waals surface area (Å²) >= 11 is 0. The molecule has 1 saturated heterocycles. The molecule has 0 radical (unpaired) electrons. The maximum atomic E-state index is 11.5. The number of unbranched alkanes of at least 4 members (excludes halogenated alkanes) is 3. The predicted octanol–water partition coefficient (Wildman–Crippen LogP) is 1.63. The van der Waals surface area contributed by atoms with Gasteiger partial charge in [-0.15, -0.1) is 0 Å². The smallest absolute Gasteiger partial charge is 0.305 e. The van der Waals surface area contributed by atoms with Crippen LogP contribution in [0.2, 0.25) is 0 Å². The van der Waals surface area contributed by atoms with Crippen molar-refractivity contribution in [3.05, 3.63) is 0 Å². The number of esters is 1. The van der Waals surface area contributed by atoms with Gasteiger partial charge in [0, 0.05) is 22.5 Å². The second-order valence-electron chi connectivity index (χ2n) is 4.95. The van der Waals surface area contributed by atoms with Crippen LogP contribution in [0.4, 0.5) is 0 Å². The van der Waals surface area contributed by atoms with Crippen molar-refractivity contribution in [2.24, 2.45) is 5.92 Å². The van der Waals surface area contributed by atoms with E-state index in [9.17, 15) is 9.00 Å². The Balaban J connectivity index is 2.04. The number of ether oxygens (including phenoxy) is 1. The number of aliphatic hydroxyl groups is 1. The summed E-state index contributed by atoms with van der Waals surface area (Å²) in [7, 11) is 0.580. The molecule has 0 aromatic rings. The Kier molecular flexibility index (Phi) is 6.86. The number of rotatable bonds is 8. The van der Waals surface area contributed by atoms with E-state index in [4.69, 9.17) is 5.11 Å². The third kappa shape index (κ3) is 4.05. The van der Waals surface area contributed by atoms with Gasteiger partial charge in [-0.1, -0.05) is 26.2 Å². The third-order valence-electron chi connectivity index (χ3n) is 3.82. The highest BCUT2D eigenvalue weighted by Crippen LogP contribution is 2.35. The first-order chi connectivity index (χ1) is 8.61. The van der Waals surface area contributed by atoms with Crippen molar-refractivity contribution in [1.29, 1.82) is 0 Å². The van der Waals surface area contributed by atoms with Gasteiger partial charge in [-0.2, -0.15) is 0 Å². The van der Waals surface area contributed by atoms with Crippen molar-refractivity contribution in [3.63, 3.8) is 0 Å². The van der Waals surface area contributed by atoms with Gasteiger partial charge in [-0.25, -0.2) is 0 Å². The fraction of sp³-hybridized carbons (Fsp3) is 0.923. The quantitative estimate of drug-likeness (QED) is 0.540. The molecule has 0 amide bonds. The molecule has 1 rings (SSSR count).